The zero-order chi connectivity index (χ0) is 17.6. The molecular formula is C18H27N5O2. The van der Waals surface area contributed by atoms with E-state index in [0.29, 0.717) is 29.5 Å². The van der Waals surface area contributed by atoms with Crippen LogP contribution in [-0.4, -0.2) is 47.0 Å². The van der Waals surface area contributed by atoms with Gasteiger partial charge in [-0.15, -0.1) is 0 Å². The van der Waals surface area contributed by atoms with E-state index in [1.807, 2.05) is 0 Å². The van der Waals surface area contributed by atoms with E-state index in [2.05, 4.69) is 26.7 Å². The van der Waals surface area contributed by atoms with Crippen molar-refractivity contribution < 1.29 is 9.84 Å². The van der Waals surface area contributed by atoms with Crippen molar-refractivity contribution in [1.29, 1.82) is 5.26 Å². The lowest BCUT2D eigenvalue weighted by Gasteiger charge is -2.28. The maximum absolute atomic E-state index is 9.49. The Bertz CT molecular complexity index is 610. The average Bonchev–Trinajstić information content (AvgIpc) is 3.10. The van der Waals surface area contributed by atoms with E-state index < -0.39 is 0 Å². The summed E-state index contributed by atoms with van der Waals surface area (Å²) in [4.78, 5) is 8.83. The first-order valence-corrected chi connectivity index (χ1v) is 9.17. The Balaban J connectivity index is 1.67. The number of nitrogens with one attached hydrogen (secondary N) is 2. The molecule has 0 aromatic carbocycles. The van der Waals surface area contributed by atoms with E-state index in [9.17, 15) is 10.4 Å². The number of aromatic nitrogens is 2. The van der Waals surface area contributed by atoms with E-state index in [0.717, 1.165) is 44.9 Å². The third-order valence-corrected chi connectivity index (χ3v) is 5.47. The van der Waals surface area contributed by atoms with Gasteiger partial charge in [0.25, 0.3) is 0 Å². The van der Waals surface area contributed by atoms with Crippen LogP contribution < -0.4 is 10.6 Å². The molecule has 0 amide bonds. The maximum atomic E-state index is 9.49. The molecule has 1 aromatic heterocycles. The van der Waals surface area contributed by atoms with Gasteiger partial charge in [0, 0.05) is 31.7 Å². The summed E-state index contributed by atoms with van der Waals surface area (Å²) < 4.78 is 5.41. The molecule has 3 rings (SSSR count). The standard InChI is InChI=1S/C18H27N5O2/c1-25-15-7-5-14(6-8-15)21-18-20-10-13(9-19)17(23-18)22-16-4-2-3-12(16)11-24/h10,12,14-16,24H,2-8,11H2,1H3,(H2,20,21,22,23)/t12-,14?,15?,16+/m0/s1. The lowest BCUT2D eigenvalue weighted by molar-refractivity contribution is 0.0681. The molecule has 0 spiro atoms. The zero-order valence-electron chi connectivity index (χ0n) is 14.7. The number of aliphatic hydroxyl groups is 1. The molecule has 0 aliphatic heterocycles. The monoisotopic (exact) mass is 345 g/mol. The summed E-state index contributed by atoms with van der Waals surface area (Å²) in [6.07, 6.45) is 9.14. The van der Waals surface area contributed by atoms with E-state index >= 15 is 0 Å². The van der Waals surface area contributed by atoms with Crippen LogP contribution in [0.15, 0.2) is 6.20 Å². The molecule has 25 heavy (non-hydrogen) atoms. The van der Waals surface area contributed by atoms with Gasteiger partial charge >= 0.3 is 0 Å². The van der Waals surface area contributed by atoms with Crippen molar-refractivity contribution in [2.45, 2.75) is 63.1 Å². The predicted molar refractivity (Wildman–Crippen MR) is 95.3 cm³/mol. The first-order valence-electron chi connectivity index (χ1n) is 9.17. The lowest BCUT2D eigenvalue weighted by atomic mass is 9.93. The van der Waals surface area contributed by atoms with Gasteiger partial charge in [0.1, 0.15) is 17.5 Å². The average molecular weight is 345 g/mol. The van der Waals surface area contributed by atoms with Gasteiger partial charge in [-0.25, -0.2) is 4.98 Å². The molecular weight excluding hydrogens is 318 g/mol. The van der Waals surface area contributed by atoms with Gasteiger partial charge in [0.2, 0.25) is 5.95 Å². The number of ether oxygens (including phenoxy) is 1. The van der Waals surface area contributed by atoms with Crippen LogP contribution in [0.2, 0.25) is 0 Å². The Morgan fingerprint density at radius 2 is 2.04 bits per heavy atom. The van der Waals surface area contributed by atoms with Crippen LogP contribution in [-0.2, 0) is 4.74 Å². The summed E-state index contributed by atoms with van der Waals surface area (Å²) in [6, 6.07) is 2.65. The highest BCUT2D eigenvalue weighted by molar-refractivity contribution is 5.54. The molecule has 3 N–H and O–H groups in total. The molecule has 7 nitrogen and oxygen atoms in total. The Morgan fingerprint density at radius 1 is 1.24 bits per heavy atom. The van der Waals surface area contributed by atoms with Crippen molar-refractivity contribution in [2.75, 3.05) is 24.4 Å². The number of nitrogens with zero attached hydrogens (tertiary/aromatic N) is 3. The second-order valence-electron chi connectivity index (χ2n) is 7.05. The Hall–Kier alpha value is -1.91. The third-order valence-electron chi connectivity index (χ3n) is 5.47. The molecule has 0 saturated heterocycles. The number of nitriles is 1. The topological polar surface area (TPSA) is 103 Å². The largest absolute Gasteiger partial charge is 0.396 e. The molecule has 2 atom stereocenters. The Labute approximate surface area is 148 Å². The first-order chi connectivity index (χ1) is 12.2. The second kappa shape index (κ2) is 8.45. The highest BCUT2D eigenvalue weighted by atomic mass is 16.5. The van der Waals surface area contributed by atoms with Gasteiger partial charge in [-0.1, -0.05) is 6.42 Å². The van der Waals surface area contributed by atoms with Crippen molar-refractivity contribution in [3.63, 3.8) is 0 Å². The number of hydrogen-bond acceptors (Lipinski definition) is 7. The summed E-state index contributed by atoms with van der Waals surface area (Å²) in [5.41, 5.74) is 0.442. The summed E-state index contributed by atoms with van der Waals surface area (Å²) in [5, 5.41) is 25.6. The molecule has 2 fully saturated rings. The van der Waals surface area contributed by atoms with E-state index in [-0.39, 0.29) is 18.6 Å². The van der Waals surface area contributed by atoms with Crippen molar-refractivity contribution in [3.8, 4) is 6.07 Å². The minimum Gasteiger partial charge on any atom is -0.396 e. The van der Waals surface area contributed by atoms with Crippen LogP contribution in [0.5, 0.6) is 0 Å². The fourth-order valence-electron chi connectivity index (χ4n) is 3.89. The second-order valence-corrected chi connectivity index (χ2v) is 7.05. The van der Waals surface area contributed by atoms with Crippen LogP contribution in [0.1, 0.15) is 50.5 Å². The molecule has 0 radical (unpaired) electrons. The summed E-state index contributed by atoms with van der Waals surface area (Å²) in [6.45, 7) is 0.165. The molecule has 136 valence electrons. The van der Waals surface area contributed by atoms with Gasteiger partial charge < -0.3 is 20.5 Å². The molecule has 0 unspecified atom stereocenters. The van der Waals surface area contributed by atoms with E-state index in [4.69, 9.17) is 4.74 Å². The van der Waals surface area contributed by atoms with Gasteiger partial charge in [-0.3, -0.25) is 0 Å². The maximum Gasteiger partial charge on any atom is 0.224 e. The van der Waals surface area contributed by atoms with E-state index in [1.165, 1.54) is 0 Å². The zero-order valence-corrected chi connectivity index (χ0v) is 14.7. The van der Waals surface area contributed by atoms with Crippen molar-refractivity contribution in [2.24, 2.45) is 5.92 Å². The molecule has 2 saturated carbocycles. The fraction of sp³-hybridized carbons (Fsp3) is 0.722. The van der Waals surface area contributed by atoms with Crippen LogP contribution in [0.25, 0.3) is 0 Å². The van der Waals surface area contributed by atoms with Gasteiger partial charge in [0.05, 0.1) is 12.3 Å². The van der Waals surface area contributed by atoms with Gasteiger partial charge in [-0.05, 0) is 38.5 Å². The van der Waals surface area contributed by atoms with E-state index in [1.54, 1.807) is 13.3 Å². The van der Waals surface area contributed by atoms with Crippen LogP contribution in [0.3, 0.4) is 0 Å². The normalized spacial score (nSPS) is 29.2. The Morgan fingerprint density at radius 3 is 2.72 bits per heavy atom. The number of anilines is 2. The number of hydrogen-bond donors (Lipinski definition) is 3. The molecule has 1 heterocycles. The van der Waals surface area contributed by atoms with Gasteiger partial charge in [-0.2, -0.15) is 10.2 Å². The molecule has 1 aromatic rings. The smallest absolute Gasteiger partial charge is 0.224 e. The summed E-state index contributed by atoms with van der Waals surface area (Å²) in [5.74, 6) is 1.35. The third kappa shape index (κ3) is 4.39. The highest BCUT2D eigenvalue weighted by Crippen LogP contribution is 2.29. The lowest BCUT2D eigenvalue weighted by Crippen LogP contribution is -2.30. The minimum atomic E-state index is 0.164. The molecule has 0 bridgehead atoms. The van der Waals surface area contributed by atoms with Crippen molar-refractivity contribution in [3.05, 3.63) is 11.8 Å². The van der Waals surface area contributed by atoms with Gasteiger partial charge in [0.15, 0.2) is 0 Å². The quantitative estimate of drug-likeness (QED) is 0.727. The van der Waals surface area contributed by atoms with Crippen molar-refractivity contribution in [1.82, 2.24) is 9.97 Å². The summed E-state index contributed by atoms with van der Waals surface area (Å²) in [7, 11) is 1.77. The predicted octanol–water partition coefficient (Wildman–Crippen LogP) is 2.29. The van der Waals surface area contributed by atoms with Crippen molar-refractivity contribution >= 4 is 11.8 Å². The minimum absolute atomic E-state index is 0.164. The first kappa shape index (κ1) is 17.9. The molecule has 7 heteroatoms. The number of aliphatic hydroxyl groups excluding tert-OH is 1. The highest BCUT2D eigenvalue weighted by Gasteiger charge is 2.28. The fourth-order valence-corrected chi connectivity index (χ4v) is 3.89. The SMILES string of the molecule is COC1CCC(Nc2ncc(C#N)c(N[C@@H]3CCC[C@H]3CO)n2)CC1. The molecule has 2 aliphatic carbocycles. The van der Waals surface area contributed by atoms with Crippen LogP contribution in [0, 0.1) is 17.2 Å². The van der Waals surface area contributed by atoms with Crippen LogP contribution in [0.4, 0.5) is 11.8 Å². The Kier molecular flexibility index (Phi) is 6.05. The molecule has 2 aliphatic rings. The summed E-state index contributed by atoms with van der Waals surface area (Å²) >= 11 is 0. The number of rotatable bonds is 6. The number of methoxy groups -OCH3 is 1. The van der Waals surface area contributed by atoms with Crippen LogP contribution >= 0.6 is 0 Å².